The minimum atomic E-state index is -0.560. The third kappa shape index (κ3) is 9.24. The lowest BCUT2D eigenvalue weighted by Gasteiger charge is -2.48. The first-order chi connectivity index (χ1) is 20.4. The van der Waals surface area contributed by atoms with Crippen LogP contribution in [0.25, 0.3) is 0 Å². The van der Waals surface area contributed by atoms with Gasteiger partial charge in [0.1, 0.15) is 23.3 Å². The van der Waals surface area contributed by atoms with Crippen molar-refractivity contribution < 1.29 is 19.1 Å². The predicted octanol–water partition coefficient (Wildman–Crippen LogP) is 6.92. The fourth-order valence-corrected chi connectivity index (χ4v) is 7.70. The number of esters is 2. The van der Waals surface area contributed by atoms with E-state index >= 15 is 0 Å². The van der Waals surface area contributed by atoms with Crippen molar-refractivity contribution in [2.24, 2.45) is 21.7 Å². The molecule has 2 unspecified atom stereocenters. The van der Waals surface area contributed by atoms with Gasteiger partial charge in [-0.15, -0.1) is 0 Å². The number of nitrogens with zero attached hydrogens (tertiary/aromatic N) is 2. The molecule has 0 heterocycles. The molecule has 240 valence electrons. The Morgan fingerprint density at radius 1 is 0.773 bits per heavy atom. The van der Waals surface area contributed by atoms with Crippen LogP contribution in [0.3, 0.4) is 0 Å². The summed E-state index contributed by atoms with van der Waals surface area (Å²) >= 11 is 0. The molecule has 1 fully saturated rings. The van der Waals surface area contributed by atoms with Crippen molar-refractivity contribution in [1.82, 2.24) is 10.6 Å². The molecule has 0 aromatic rings. The third-order valence-corrected chi connectivity index (χ3v) is 8.77. The zero-order valence-corrected chi connectivity index (χ0v) is 28.3. The van der Waals surface area contributed by atoms with Crippen molar-refractivity contribution in [2.45, 2.75) is 113 Å². The molecule has 0 saturated heterocycles. The Hall–Kier alpha value is -3.52. The summed E-state index contributed by atoms with van der Waals surface area (Å²) in [5.74, 6) is -1.12. The number of nitriles is 2. The standard InChI is InChI=1S/C36H52N4O4/c1-10-43-31(41)29(20-37)24-12-26(16-33(3,4)14-24)39-23-36(9)19-28(18-35(7,8)22-36)40-27-13-25(15-34(5,6)17-27)30(21-38)32(42)44-11-2/h12-13,28,39-40H,10-11,14-19,22-23H2,1-9H3/b29-24-,30-25+. The van der Waals surface area contributed by atoms with Gasteiger partial charge in [0.25, 0.3) is 0 Å². The average molecular weight is 605 g/mol. The van der Waals surface area contributed by atoms with Crippen LogP contribution in [0, 0.1) is 44.3 Å². The molecule has 3 rings (SSSR count). The Labute approximate surface area is 264 Å². The van der Waals surface area contributed by atoms with Crippen LogP contribution in [-0.2, 0) is 19.1 Å². The first kappa shape index (κ1) is 35.0. The van der Waals surface area contributed by atoms with Gasteiger partial charge in [-0.1, -0.05) is 48.5 Å². The van der Waals surface area contributed by atoms with Crippen LogP contribution in [-0.4, -0.2) is 37.7 Å². The van der Waals surface area contributed by atoms with Gasteiger partial charge < -0.3 is 20.1 Å². The normalized spacial score (nSPS) is 27.8. The summed E-state index contributed by atoms with van der Waals surface area (Å²) in [6.45, 7) is 20.4. The zero-order valence-electron chi connectivity index (χ0n) is 28.3. The van der Waals surface area contributed by atoms with Gasteiger partial charge >= 0.3 is 11.9 Å². The number of hydrogen-bond acceptors (Lipinski definition) is 8. The third-order valence-electron chi connectivity index (χ3n) is 8.77. The first-order valence-corrected chi connectivity index (χ1v) is 16.0. The molecule has 0 amide bonds. The molecule has 0 radical (unpaired) electrons. The minimum Gasteiger partial charge on any atom is -0.462 e. The quantitative estimate of drug-likeness (QED) is 0.165. The Bertz CT molecular complexity index is 1350. The predicted molar refractivity (Wildman–Crippen MR) is 171 cm³/mol. The second-order valence-corrected chi connectivity index (χ2v) is 15.6. The van der Waals surface area contributed by atoms with Crippen molar-refractivity contribution in [2.75, 3.05) is 19.8 Å². The Morgan fingerprint density at radius 3 is 1.73 bits per heavy atom. The largest absolute Gasteiger partial charge is 0.462 e. The van der Waals surface area contributed by atoms with Gasteiger partial charge in [-0.25, -0.2) is 9.59 Å². The maximum absolute atomic E-state index is 12.5. The van der Waals surface area contributed by atoms with Crippen molar-refractivity contribution in [3.05, 3.63) is 45.8 Å². The van der Waals surface area contributed by atoms with Crippen LogP contribution in [0.1, 0.15) is 107 Å². The fourth-order valence-electron chi connectivity index (χ4n) is 7.70. The fraction of sp³-hybridized carbons (Fsp3) is 0.667. The van der Waals surface area contributed by atoms with E-state index < -0.39 is 11.9 Å². The summed E-state index contributed by atoms with van der Waals surface area (Å²) in [6.07, 6.45) is 9.94. The van der Waals surface area contributed by atoms with Gasteiger partial charge in [-0.3, -0.25) is 0 Å². The van der Waals surface area contributed by atoms with Crippen molar-refractivity contribution >= 4 is 11.9 Å². The number of hydrogen-bond donors (Lipinski definition) is 2. The maximum atomic E-state index is 12.5. The zero-order chi connectivity index (χ0) is 32.9. The topological polar surface area (TPSA) is 124 Å². The first-order valence-electron chi connectivity index (χ1n) is 16.0. The summed E-state index contributed by atoms with van der Waals surface area (Å²) in [5, 5.41) is 27.1. The number of rotatable bonds is 9. The Morgan fingerprint density at radius 2 is 1.25 bits per heavy atom. The highest BCUT2D eigenvalue weighted by atomic mass is 16.5. The molecule has 44 heavy (non-hydrogen) atoms. The van der Waals surface area contributed by atoms with E-state index in [-0.39, 0.29) is 52.1 Å². The molecular formula is C36H52N4O4. The van der Waals surface area contributed by atoms with Crippen LogP contribution >= 0.6 is 0 Å². The molecule has 1 saturated carbocycles. The van der Waals surface area contributed by atoms with E-state index in [9.17, 15) is 20.1 Å². The van der Waals surface area contributed by atoms with E-state index in [0.29, 0.717) is 12.8 Å². The summed E-state index contributed by atoms with van der Waals surface area (Å²) in [6, 6.07) is 4.41. The van der Waals surface area contributed by atoms with E-state index in [4.69, 9.17) is 9.47 Å². The van der Waals surface area contributed by atoms with Crippen molar-refractivity contribution in [3.8, 4) is 12.1 Å². The van der Waals surface area contributed by atoms with Crippen molar-refractivity contribution in [3.63, 3.8) is 0 Å². The molecular weight excluding hydrogens is 552 g/mol. The van der Waals surface area contributed by atoms with Crippen LogP contribution in [0.5, 0.6) is 0 Å². The van der Waals surface area contributed by atoms with Crippen LogP contribution in [0.2, 0.25) is 0 Å². The van der Waals surface area contributed by atoms with E-state index in [1.54, 1.807) is 13.8 Å². The van der Waals surface area contributed by atoms with Gasteiger partial charge in [-0.05, 0) is 104 Å². The Kier molecular flexibility index (Phi) is 10.8. The van der Waals surface area contributed by atoms with Crippen LogP contribution in [0.4, 0.5) is 0 Å². The molecule has 3 aliphatic carbocycles. The van der Waals surface area contributed by atoms with Crippen molar-refractivity contribution in [1.29, 1.82) is 10.5 Å². The second-order valence-electron chi connectivity index (χ2n) is 15.6. The number of nitrogens with one attached hydrogen (secondary N) is 2. The van der Waals surface area contributed by atoms with E-state index in [1.165, 1.54) is 0 Å². The van der Waals surface area contributed by atoms with Crippen LogP contribution in [0.15, 0.2) is 45.8 Å². The monoisotopic (exact) mass is 604 g/mol. The van der Waals surface area contributed by atoms with E-state index in [1.807, 2.05) is 12.2 Å². The lowest BCUT2D eigenvalue weighted by molar-refractivity contribution is -0.139. The molecule has 0 aliphatic heterocycles. The molecule has 2 atom stereocenters. The molecule has 2 N–H and O–H groups in total. The SMILES string of the molecule is CCOC(=O)/C(C#N)=C1\C=C(NC2CC(C)(C)CC(C)(CNC3=C/C(=C(\C#N)C(=O)OCC)CC(C)(C)C3)C2)CC(C)(C)C1. The van der Waals surface area contributed by atoms with Gasteiger partial charge in [0.2, 0.25) is 0 Å². The summed E-state index contributed by atoms with van der Waals surface area (Å²) in [5.41, 5.74) is 3.62. The average Bonchev–Trinajstić information content (AvgIpc) is 2.86. The van der Waals surface area contributed by atoms with Gasteiger partial charge in [0, 0.05) is 24.0 Å². The highest BCUT2D eigenvalue weighted by Crippen LogP contribution is 2.47. The van der Waals surface area contributed by atoms with Gasteiger partial charge in [-0.2, -0.15) is 10.5 Å². The number of ether oxygens (including phenoxy) is 2. The smallest absolute Gasteiger partial charge is 0.349 e. The number of carbonyl (C=O) groups is 2. The summed E-state index contributed by atoms with van der Waals surface area (Å²) in [7, 11) is 0. The Balaban J connectivity index is 1.84. The summed E-state index contributed by atoms with van der Waals surface area (Å²) < 4.78 is 10.3. The number of carbonyl (C=O) groups excluding carboxylic acids is 2. The molecule has 8 nitrogen and oxygen atoms in total. The molecule has 0 aromatic carbocycles. The van der Waals surface area contributed by atoms with E-state index in [0.717, 1.165) is 61.2 Å². The highest BCUT2D eigenvalue weighted by Gasteiger charge is 2.42. The lowest BCUT2D eigenvalue weighted by Crippen LogP contribution is -2.48. The summed E-state index contributed by atoms with van der Waals surface area (Å²) in [4.78, 5) is 25.0. The molecule has 0 spiro atoms. The highest BCUT2D eigenvalue weighted by molar-refractivity contribution is 5.95. The van der Waals surface area contributed by atoms with Gasteiger partial charge in [0.05, 0.1) is 13.2 Å². The van der Waals surface area contributed by atoms with Gasteiger partial charge in [0.15, 0.2) is 0 Å². The van der Waals surface area contributed by atoms with E-state index in [2.05, 4.69) is 71.2 Å². The molecule has 8 heteroatoms. The number of allylic oxidation sites excluding steroid dienone is 6. The lowest BCUT2D eigenvalue weighted by atomic mass is 9.62. The molecule has 3 aliphatic rings. The maximum Gasteiger partial charge on any atom is 0.349 e. The minimum absolute atomic E-state index is 0.0168. The second kappa shape index (κ2) is 13.6. The molecule has 0 bridgehead atoms. The molecule has 0 aromatic heterocycles. The van der Waals surface area contributed by atoms with Crippen LogP contribution < -0.4 is 10.6 Å².